The maximum atomic E-state index is 12.9. The number of hydrogen-bond acceptors (Lipinski definition) is 5. The predicted octanol–water partition coefficient (Wildman–Crippen LogP) is 4.16. The Balaban J connectivity index is 1.29. The number of nitrogens with zero attached hydrogens (tertiary/aromatic N) is 4. The first-order valence-corrected chi connectivity index (χ1v) is 11.4. The molecule has 1 fully saturated rings. The van der Waals surface area contributed by atoms with Crippen LogP contribution in [0.3, 0.4) is 0 Å². The average molecular weight is 469 g/mol. The third-order valence-electron chi connectivity index (χ3n) is 5.83. The molecule has 1 saturated heterocycles. The summed E-state index contributed by atoms with van der Waals surface area (Å²) in [6.45, 7) is 7.96. The van der Waals surface area contributed by atoms with Crippen LogP contribution in [0.15, 0.2) is 48.7 Å². The zero-order valence-corrected chi connectivity index (χ0v) is 20.0. The summed E-state index contributed by atoms with van der Waals surface area (Å²) in [6.07, 6.45) is 1.77. The number of rotatable bonds is 7. The molecule has 0 saturated carbocycles. The van der Waals surface area contributed by atoms with Crippen molar-refractivity contribution in [3.63, 3.8) is 0 Å². The van der Waals surface area contributed by atoms with Crippen molar-refractivity contribution < 1.29 is 14.3 Å². The van der Waals surface area contributed by atoms with Crippen molar-refractivity contribution in [2.45, 2.75) is 27.1 Å². The van der Waals surface area contributed by atoms with E-state index in [1.807, 2.05) is 43.0 Å². The van der Waals surface area contributed by atoms with Gasteiger partial charge in [0, 0.05) is 43.9 Å². The van der Waals surface area contributed by atoms with E-state index in [9.17, 15) is 4.79 Å². The molecule has 1 aromatic heterocycles. The summed E-state index contributed by atoms with van der Waals surface area (Å²) in [6, 6.07) is 13.6. The lowest BCUT2D eigenvalue weighted by molar-refractivity contribution is 0.0621. The van der Waals surface area contributed by atoms with E-state index in [0.717, 1.165) is 47.3 Å². The fourth-order valence-corrected chi connectivity index (χ4v) is 4.09. The second-order valence-corrected chi connectivity index (χ2v) is 8.68. The van der Waals surface area contributed by atoms with E-state index in [-0.39, 0.29) is 12.6 Å². The molecule has 2 heterocycles. The van der Waals surface area contributed by atoms with Crippen molar-refractivity contribution in [2.75, 3.05) is 33.3 Å². The maximum Gasteiger partial charge on any atom is 0.274 e. The highest BCUT2D eigenvalue weighted by Crippen LogP contribution is 2.26. The molecule has 2 aromatic carbocycles. The van der Waals surface area contributed by atoms with Crippen LogP contribution in [-0.2, 0) is 13.3 Å². The number of benzene rings is 2. The lowest BCUT2D eigenvalue weighted by Gasteiger charge is -2.34. The van der Waals surface area contributed by atoms with E-state index in [2.05, 4.69) is 22.1 Å². The topological polar surface area (TPSA) is 59.8 Å². The van der Waals surface area contributed by atoms with Crippen molar-refractivity contribution in [3.05, 3.63) is 76.1 Å². The summed E-state index contributed by atoms with van der Waals surface area (Å²) in [5, 5.41) is 5.16. The van der Waals surface area contributed by atoms with Gasteiger partial charge in [0.2, 0.25) is 0 Å². The number of methoxy groups -OCH3 is 1. The highest BCUT2D eigenvalue weighted by atomic mass is 35.5. The largest absolute Gasteiger partial charge is 0.497 e. The fourth-order valence-electron chi connectivity index (χ4n) is 3.98. The maximum absolute atomic E-state index is 12.9. The van der Waals surface area contributed by atoms with E-state index in [4.69, 9.17) is 21.1 Å². The number of aromatic nitrogens is 2. The van der Waals surface area contributed by atoms with Crippen molar-refractivity contribution in [2.24, 2.45) is 0 Å². The molecule has 3 aromatic rings. The molecule has 174 valence electrons. The van der Waals surface area contributed by atoms with Crippen LogP contribution in [0, 0.1) is 13.8 Å². The minimum absolute atomic E-state index is 0.0482. The van der Waals surface area contributed by atoms with Crippen molar-refractivity contribution in [1.29, 1.82) is 0 Å². The number of amides is 1. The average Bonchev–Trinajstić information content (AvgIpc) is 3.30. The summed E-state index contributed by atoms with van der Waals surface area (Å²) in [4.78, 5) is 17.1. The predicted molar refractivity (Wildman–Crippen MR) is 128 cm³/mol. The van der Waals surface area contributed by atoms with E-state index in [0.29, 0.717) is 18.8 Å². The number of piperazine rings is 1. The molecule has 1 aliphatic heterocycles. The third kappa shape index (κ3) is 5.67. The van der Waals surface area contributed by atoms with Gasteiger partial charge in [0.25, 0.3) is 5.91 Å². The first kappa shape index (κ1) is 23.1. The molecule has 0 bridgehead atoms. The molecule has 0 unspecified atom stereocenters. The first-order chi connectivity index (χ1) is 15.9. The van der Waals surface area contributed by atoms with Crippen LogP contribution in [0.5, 0.6) is 11.5 Å². The van der Waals surface area contributed by atoms with E-state index in [1.165, 1.54) is 5.56 Å². The van der Waals surface area contributed by atoms with Gasteiger partial charge in [0.05, 0.1) is 7.11 Å². The molecule has 33 heavy (non-hydrogen) atoms. The molecule has 1 amide bonds. The molecule has 0 N–H and O–H groups in total. The Morgan fingerprint density at radius 3 is 2.45 bits per heavy atom. The minimum atomic E-state index is -0.0482. The zero-order valence-electron chi connectivity index (χ0n) is 19.3. The van der Waals surface area contributed by atoms with Crippen LogP contribution in [-0.4, -0.2) is 58.8 Å². The standard InChI is InChI=1S/C25H29ClN4O3/c1-18-13-22(14-19(2)24(18)26)33-17-30-8-7-23(27-30)25(31)29-11-9-28(10-12-29)16-20-5-4-6-21(15-20)32-3/h4-8,13-15H,9-12,16-17H2,1-3H3. The zero-order chi connectivity index (χ0) is 23.4. The van der Waals surface area contributed by atoms with E-state index >= 15 is 0 Å². The molecule has 0 atom stereocenters. The van der Waals surface area contributed by atoms with Crippen LogP contribution in [0.4, 0.5) is 0 Å². The van der Waals surface area contributed by atoms with Gasteiger partial charge in [-0.2, -0.15) is 5.10 Å². The lowest BCUT2D eigenvalue weighted by atomic mass is 10.1. The van der Waals surface area contributed by atoms with Gasteiger partial charge in [-0.3, -0.25) is 9.69 Å². The van der Waals surface area contributed by atoms with Gasteiger partial charge in [0.15, 0.2) is 12.4 Å². The van der Waals surface area contributed by atoms with Crippen LogP contribution in [0.25, 0.3) is 0 Å². The fraction of sp³-hybridized carbons (Fsp3) is 0.360. The summed E-state index contributed by atoms with van der Waals surface area (Å²) in [5.74, 6) is 1.54. The number of carbonyl (C=O) groups excluding carboxylic acids is 1. The normalized spacial score (nSPS) is 14.4. The Hall–Kier alpha value is -3.03. The Kier molecular flexibility index (Phi) is 7.20. The molecular weight excluding hydrogens is 440 g/mol. The highest BCUT2D eigenvalue weighted by molar-refractivity contribution is 6.32. The monoisotopic (exact) mass is 468 g/mol. The highest BCUT2D eigenvalue weighted by Gasteiger charge is 2.23. The van der Waals surface area contributed by atoms with Crippen LogP contribution in [0.2, 0.25) is 5.02 Å². The first-order valence-electron chi connectivity index (χ1n) is 11.0. The third-order valence-corrected chi connectivity index (χ3v) is 6.43. The van der Waals surface area contributed by atoms with Crippen molar-refractivity contribution in [1.82, 2.24) is 19.6 Å². The van der Waals surface area contributed by atoms with Crippen molar-refractivity contribution >= 4 is 17.5 Å². The second kappa shape index (κ2) is 10.3. The summed E-state index contributed by atoms with van der Waals surface area (Å²) in [7, 11) is 1.68. The number of halogens is 1. The van der Waals surface area contributed by atoms with Gasteiger partial charge in [-0.05, 0) is 60.9 Å². The SMILES string of the molecule is COc1cccc(CN2CCN(C(=O)c3ccn(COc4cc(C)c(Cl)c(C)c4)n3)CC2)c1. The Morgan fingerprint density at radius 2 is 1.76 bits per heavy atom. The van der Waals surface area contributed by atoms with E-state index < -0.39 is 0 Å². The quantitative estimate of drug-likeness (QED) is 0.521. The number of hydrogen-bond donors (Lipinski definition) is 0. The molecule has 1 aliphatic rings. The summed E-state index contributed by atoms with van der Waals surface area (Å²) in [5.41, 5.74) is 3.57. The molecule has 7 nitrogen and oxygen atoms in total. The van der Waals surface area contributed by atoms with E-state index in [1.54, 1.807) is 24.1 Å². The van der Waals surface area contributed by atoms with Gasteiger partial charge in [-0.25, -0.2) is 4.68 Å². The van der Waals surface area contributed by atoms with Crippen molar-refractivity contribution in [3.8, 4) is 11.5 Å². The van der Waals surface area contributed by atoms with Gasteiger partial charge >= 0.3 is 0 Å². The number of aryl methyl sites for hydroxylation is 2. The summed E-state index contributed by atoms with van der Waals surface area (Å²) < 4.78 is 12.8. The Bertz CT molecular complexity index is 1100. The smallest absolute Gasteiger partial charge is 0.274 e. The Morgan fingerprint density at radius 1 is 1.03 bits per heavy atom. The van der Waals surface area contributed by atoms with Crippen LogP contribution in [0.1, 0.15) is 27.2 Å². The second-order valence-electron chi connectivity index (χ2n) is 8.30. The number of carbonyl (C=O) groups is 1. The molecule has 0 radical (unpaired) electrons. The Labute approximate surface area is 199 Å². The molecule has 0 spiro atoms. The van der Waals surface area contributed by atoms with Crippen LogP contribution < -0.4 is 9.47 Å². The molecule has 4 rings (SSSR count). The minimum Gasteiger partial charge on any atom is -0.497 e. The molecule has 0 aliphatic carbocycles. The molecule has 8 heteroatoms. The van der Waals surface area contributed by atoms with Gasteiger partial charge in [-0.1, -0.05) is 23.7 Å². The molecular formula is C25H29ClN4O3. The summed E-state index contributed by atoms with van der Waals surface area (Å²) >= 11 is 6.22. The lowest BCUT2D eigenvalue weighted by Crippen LogP contribution is -2.48. The van der Waals surface area contributed by atoms with Gasteiger partial charge < -0.3 is 14.4 Å². The van der Waals surface area contributed by atoms with Gasteiger partial charge in [0.1, 0.15) is 11.5 Å². The van der Waals surface area contributed by atoms with Crippen LogP contribution >= 0.6 is 11.6 Å². The number of ether oxygens (including phenoxy) is 2. The van der Waals surface area contributed by atoms with Gasteiger partial charge in [-0.15, -0.1) is 0 Å².